The van der Waals surface area contributed by atoms with Crippen molar-refractivity contribution in [1.29, 1.82) is 0 Å². The van der Waals surface area contributed by atoms with E-state index in [1.807, 2.05) is 0 Å². The molecule has 1 unspecified atom stereocenters. The smallest absolute Gasteiger partial charge is 0.335 e. The number of rotatable bonds is 4. The maximum Gasteiger partial charge on any atom is 0.335 e. The van der Waals surface area contributed by atoms with Gasteiger partial charge in [0.2, 0.25) is 5.91 Å². The molecule has 7 nitrogen and oxygen atoms in total. The van der Waals surface area contributed by atoms with Gasteiger partial charge in [0.05, 0.1) is 16.6 Å². The molecule has 0 radical (unpaired) electrons. The largest absolute Gasteiger partial charge is 0.478 e. The van der Waals surface area contributed by atoms with Crippen molar-refractivity contribution in [2.24, 2.45) is 0 Å². The van der Waals surface area contributed by atoms with Crippen LogP contribution < -0.4 is 11.0 Å². The first-order chi connectivity index (χ1) is 9.97. The molecule has 1 aromatic carbocycles. The molecule has 1 aromatic heterocycles. The van der Waals surface area contributed by atoms with Crippen LogP contribution in [0.2, 0.25) is 0 Å². The first-order valence-corrected chi connectivity index (χ1v) is 6.75. The molecular formula is C14H15N3O4. The lowest BCUT2D eigenvalue weighted by Gasteiger charge is -2.13. The number of carbonyl (C=O) groups is 2. The van der Waals surface area contributed by atoms with Crippen molar-refractivity contribution in [3.63, 3.8) is 0 Å². The van der Waals surface area contributed by atoms with E-state index in [-0.39, 0.29) is 17.5 Å². The van der Waals surface area contributed by atoms with Crippen molar-refractivity contribution in [2.45, 2.75) is 31.8 Å². The number of carbonyl (C=O) groups excluding carboxylic acids is 1. The molecular weight excluding hydrogens is 274 g/mol. The molecule has 0 saturated heterocycles. The number of fused-ring (bicyclic) bond motifs is 1. The molecule has 1 amide bonds. The van der Waals surface area contributed by atoms with E-state index >= 15 is 0 Å². The highest BCUT2D eigenvalue weighted by molar-refractivity contribution is 5.93. The fraction of sp³-hybridized carbons (Fsp3) is 0.357. The monoisotopic (exact) mass is 289 g/mol. The number of amides is 1. The summed E-state index contributed by atoms with van der Waals surface area (Å²) in [6.45, 7) is 1.62. The highest BCUT2D eigenvalue weighted by Crippen LogP contribution is 2.21. The van der Waals surface area contributed by atoms with Crippen molar-refractivity contribution >= 4 is 22.9 Å². The topological polar surface area (TPSA) is 104 Å². The molecule has 1 atom stereocenters. The first-order valence-electron chi connectivity index (χ1n) is 6.75. The molecule has 2 aromatic rings. The molecule has 7 heteroatoms. The second-order valence-electron chi connectivity index (χ2n) is 5.30. The van der Waals surface area contributed by atoms with Crippen LogP contribution in [0.15, 0.2) is 23.0 Å². The summed E-state index contributed by atoms with van der Waals surface area (Å²) in [5, 5.41) is 11.9. The third-order valence-electron chi connectivity index (χ3n) is 3.66. The number of hydrogen-bond acceptors (Lipinski definition) is 3. The van der Waals surface area contributed by atoms with Crippen molar-refractivity contribution in [3.8, 4) is 0 Å². The molecule has 0 aliphatic heterocycles. The van der Waals surface area contributed by atoms with Crippen LogP contribution in [0.3, 0.4) is 0 Å². The van der Waals surface area contributed by atoms with Crippen LogP contribution in [0.5, 0.6) is 0 Å². The van der Waals surface area contributed by atoms with Crippen LogP contribution >= 0.6 is 0 Å². The third-order valence-corrected chi connectivity index (χ3v) is 3.66. The number of aromatic carboxylic acids is 1. The van der Waals surface area contributed by atoms with E-state index in [1.165, 1.54) is 22.8 Å². The number of benzene rings is 1. The lowest BCUT2D eigenvalue weighted by Crippen LogP contribution is -2.36. The second-order valence-corrected chi connectivity index (χ2v) is 5.30. The molecule has 110 valence electrons. The van der Waals surface area contributed by atoms with E-state index in [2.05, 4.69) is 10.3 Å². The molecule has 3 N–H and O–H groups in total. The molecule has 1 aliphatic rings. The number of nitrogens with zero attached hydrogens (tertiary/aromatic N) is 1. The summed E-state index contributed by atoms with van der Waals surface area (Å²) < 4.78 is 1.29. The summed E-state index contributed by atoms with van der Waals surface area (Å²) in [5.74, 6) is -1.31. The van der Waals surface area contributed by atoms with Gasteiger partial charge in [-0.05, 0) is 38.0 Å². The summed E-state index contributed by atoms with van der Waals surface area (Å²) >= 11 is 0. The minimum Gasteiger partial charge on any atom is -0.478 e. The van der Waals surface area contributed by atoms with Gasteiger partial charge in [-0.1, -0.05) is 0 Å². The summed E-state index contributed by atoms with van der Waals surface area (Å²) in [5.41, 5.74) is 0.574. The minimum atomic E-state index is -1.08. The number of aromatic amines is 1. The lowest BCUT2D eigenvalue weighted by atomic mass is 10.2. The Bertz CT molecular complexity index is 785. The molecule has 21 heavy (non-hydrogen) atoms. The maximum atomic E-state index is 12.1. The minimum absolute atomic E-state index is 0.0741. The summed E-state index contributed by atoms with van der Waals surface area (Å²) in [6, 6.07) is 3.85. The van der Waals surface area contributed by atoms with E-state index in [0.29, 0.717) is 11.0 Å². The molecule has 0 bridgehead atoms. The Kier molecular flexibility index (Phi) is 3.04. The number of H-pyrrole nitrogens is 1. The molecule has 1 aliphatic carbocycles. The van der Waals surface area contributed by atoms with Gasteiger partial charge in [0.25, 0.3) is 0 Å². The third kappa shape index (κ3) is 2.42. The van der Waals surface area contributed by atoms with E-state index in [4.69, 9.17) is 5.11 Å². The molecule has 3 rings (SSSR count). The second kappa shape index (κ2) is 4.76. The lowest BCUT2D eigenvalue weighted by molar-refractivity contribution is -0.124. The Morgan fingerprint density at radius 3 is 2.76 bits per heavy atom. The van der Waals surface area contributed by atoms with Crippen LogP contribution in [0.25, 0.3) is 11.0 Å². The van der Waals surface area contributed by atoms with Crippen LogP contribution in [0.1, 0.15) is 36.2 Å². The zero-order chi connectivity index (χ0) is 15.1. The van der Waals surface area contributed by atoms with Crippen LogP contribution in [-0.4, -0.2) is 32.6 Å². The fourth-order valence-electron chi connectivity index (χ4n) is 2.31. The number of carboxylic acid groups (broad SMARTS) is 1. The Balaban J connectivity index is 2.05. The normalized spacial score (nSPS) is 15.9. The van der Waals surface area contributed by atoms with E-state index < -0.39 is 17.7 Å². The van der Waals surface area contributed by atoms with Gasteiger partial charge in [-0.2, -0.15) is 0 Å². The van der Waals surface area contributed by atoms with Crippen molar-refractivity contribution in [3.05, 3.63) is 34.2 Å². The molecule has 1 fully saturated rings. The van der Waals surface area contributed by atoms with Crippen molar-refractivity contribution in [2.75, 3.05) is 0 Å². The highest BCUT2D eigenvalue weighted by atomic mass is 16.4. The van der Waals surface area contributed by atoms with E-state index in [9.17, 15) is 14.4 Å². The maximum absolute atomic E-state index is 12.1. The predicted octanol–water partition coefficient (Wildman–Crippen LogP) is 0.867. The van der Waals surface area contributed by atoms with Crippen LogP contribution in [0, 0.1) is 0 Å². The fourth-order valence-corrected chi connectivity index (χ4v) is 2.31. The molecule has 1 heterocycles. The van der Waals surface area contributed by atoms with Gasteiger partial charge in [-0.25, -0.2) is 9.59 Å². The number of imidazole rings is 1. The van der Waals surface area contributed by atoms with Crippen molar-refractivity contribution in [1.82, 2.24) is 14.9 Å². The van der Waals surface area contributed by atoms with Gasteiger partial charge in [0, 0.05) is 6.04 Å². The average molecular weight is 289 g/mol. The molecule has 0 spiro atoms. The Hall–Kier alpha value is -2.57. The van der Waals surface area contributed by atoms with Crippen LogP contribution in [-0.2, 0) is 4.79 Å². The Morgan fingerprint density at radius 1 is 1.43 bits per heavy atom. The van der Waals surface area contributed by atoms with Gasteiger partial charge in [0.15, 0.2) is 0 Å². The SMILES string of the molecule is CC(C(=O)NC1CC1)n1c(=O)[nH]c2ccc(C(=O)O)cc21. The predicted molar refractivity (Wildman–Crippen MR) is 75.4 cm³/mol. The summed E-state index contributed by atoms with van der Waals surface area (Å²) in [6.07, 6.45) is 1.93. The zero-order valence-electron chi connectivity index (χ0n) is 11.4. The summed E-state index contributed by atoms with van der Waals surface area (Å²) in [4.78, 5) is 37.8. The van der Waals surface area contributed by atoms with E-state index in [1.54, 1.807) is 6.92 Å². The number of hydrogen-bond donors (Lipinski definition) is 3. The Morgan fingerprint density at radius 2 is 2.14 bits per heavy atom. The quantitative estimate of drug-likeness (QED) is 0.776. The molecule has 1 saturated carbocycles. The summed E-state index contributed by atoms with van der Waals surface area (Å²) in [7, 11) is 0. The van der Waals surface area contributed by atoms with Crippen LogP contribution in [0.4, 0.5) is 0 Å². The van der Waals surface area contributed by atoms with Gasteiger partial charge in [-0.15, -0.1) is 0 Å². The highest BCUT2D eigenvalue weighted by Gasteiger charge is 2.27. The van der Waals surface area contributed by atoms with E-state index in [0.717, 1.165) is 12.8 Å². The van der Waals surface area contributed by atoms with Gasteiger partial charge < -0.3 is 15.4 Å². The van der Waals surface area contributed by atoms with Gasteiger partial charge in [0.1, 0.15) is 6.04 Å². The number of carboxylic acids is 1. The van der Waals surface area contributed by atoms with Gasteiger partial charge >= 0.3 is 11.7 Å². The van der Waals surface area contributed by atoms with Crippen molar-refractivity contribution < 1.29 is 14.7 Å². The first kappa shape index (κ1) is 13.4. The average Bonchev–Trinajstić information content (AvgIpc) is 3.17. The Labute approximate surface area is 119 Å². The standard InChI is InChI=1S/C14H15N3O4/c1-7(12(18)15-9-3-4-9)17-11-6-8(13(19)20)2-5-10(11)16-14(17)21/h2,5-7,9H,3-4H2,1H3,(H,15,18)(H,16,21)(H,19,20). The number of aromatic nitrogens is 2. The zero-order valence-corrected chi connectivity index (χ0v) is 11.4. The number of nitrogens with one attached hydrogen (secondary N) is 2. The van der Waals surface area contributed by atoms with Gasteiger partial charge in [-0.3, -0.25) is 9.36 Å².